The summed E-state index contributed by atoms with van der Waals surface area (Å²) in [6.07, 6.45) is 3.38. The summed E-state index contributed by atoms with van der Waals surface area (Å²) in [4.78, 5) is 7.61. The molecule has 3 aromatic rings. The first-order valence-corrected chi connectivity index (χ1v) is 11.1. The molecular formula is C25H34N4O. The lowest BCUT2D eigenvalue weighted by molar-refractivity contribution is 0.203. The summed E-state index contributed by atoms with van der Waals surface area (Å²) >= 11 is 0. The SMILES string of the molecule is CCCC1Cc2c(C)nc3c(-c4c(C)cc(C)cc4C)c(C)nn3c2N1CCOC. The molecule has 1 unspecified atom stereocenters. The van der Waals surface area contributed by atoms with Crippen molar-refractivity contribution in [1.82, 2.24) is 14.6 Å². The minimum atomic E-state index is 0.488. The minimum absolute atomic E-state index is 0.488. The zero-order valence-corrected chi connectivity index (χ0v) is 19.5. The summed E-state index contributed by atoms with van der Waals surface area (Å²) in [7, 11) is 1.78. The van der Waals surface area contributed by atoms with Crippen molar-refractivity contribution < 1.29 is 4.74 Å². The molecule has 0 saturated heterocycles. The van der Waals surface area contributed by atoms with Crippen LogP contribution in [0.2, 0.25) is 0 Å². The van der Waals surface area contributed by atoms with Gasteiger partial charge in [0.2, 0.25) is 0 Å². The Morgan fingerprint density at radius 1 is 1.03 bits per heavy atom. The number of ether oxygens (including phenoxy) is 1. The summed E-state index contributed by atoms with van der Waals surface area (Å²) in [6.45, 7) is 14.7. The molecule has 0 radical (unpaired) electrons. The van der Waals surface area contributed by atoms with Crippen molar-refractivity contribution in [2.75, 3.05) is 25.2 Å². The van der Waals surface area contributed by atoms with Gasteiger partial charge in [-0.25, -0.2) is 4.98 Å². The zero-order chi connectivity index (χ0) is 21.6. The number of hydrogen-bond donors (Lipinski definition) is 0. The molecule has 0 bridgehead atoms. The van der Waals surface area contributed by atoms with Crippen LogP contribution in [0.25, 0.3) is 16.8 Å². The first-order valence-electron chi connectivity index (χ1n) is 11.1. The predicted octanol–water partition coefficient (Wildman–Crippen LogP) is 5.12. The van der Waals surface area contributed by atoms with Crippen LogP contribution >= 0.6 is 0 Å². The molecule has 1 atom stereocenters. The Bertz CT molecular complexity index is 1080. The molecule has 0 aliphatic carbocycles. The Morgan fingerprint density at radius 3 is 2.37 bits per heavy atom. The summed E-state index contributed by atoms with van der Waals surface area (Å²) < 4.78 is 7.55. The van der Waals surface area contributed by atoms with Crippen LogP contribution < -0.4 is 4.90 Å². The monoisotopic (exact) mass is 406 g/mol. The molecule has 1 aliphatic rings. The number of aryl methyl sites for hydroxylation is 5. The topological polar surface area (TPSA) is 42.7 Å². The van der Waals surface area contributed by atoms with Crippen molar-refractivity contribution >= 4 is 11.5 Å². The quantitative estimate of drug-likeness (QED) is 0.570. The fraction of sp³-hybridized carbons (Fsp3) is 0.520. The van der Waals surface area contributed by atoms with Gasteiger partial charge in [0.25, 0.3) is 0 Å². The van der Waals surface area contributed by atoms with Gasteiger partial charge in [-0.15, -0.1) is 0 Å². The van der Waals surface area contributed by atoms with E-state index in [1.54, 1.807) is 7.11 Å². The second-order valence-corrected chi connectivity index (χ2v) is 8.80. The van der Waals surface area contributed by atoms with Gasteiger partial charge in [0.1, 0.15) is 5.82 Å². The smallest absolute Gasteiger partial charge is 0.165 e. The molecule has 0 N–H and O–H groups in total. The second kappa shape index (κ2) is 8.03. The van der Waals surface area contributed by atoms with Crippen molar-refractivity contribution in [2.24, 2.45) is 0 Å². The highest BCUT2D eigenvalue weighted by Crippen LogP contribution is 2.40. The summed E-state index contributed by atoms with van der Waals surface area (Å²) in [5, 5.41) is 5.03. The van der Waals surface area contributed by atoms with Crippen LogP contribution in [0.3, 0.4) is 0 Å². The molecule has 4 rings (SSSR count). The normalized spacial score (nSPS) is 16.0. The molecule has 2 aromatic heterocycles. The van der Waals surface area contributed by atoms with E-state index in [2.05, 4.69) is 63.1 Å². The third-order valence-corrected chi connectivity index (χ3v) is 6.45. The molecule has 160 valence electrons. The fourth-order valence-corrected chi connectivity index (χ4v) is 5.27. The number of hydrogen-bond acceptors (Lipinski definition) is 4. The highest BCUT2D eigenvalue weighted by Gasteiger charge is 2.34. The van der Waals surface area contributed by atoms with E-state index < -0.39 is 0 Å². The number of aromatic nitrogens is 3. The maximum Gasteiger partial charge on any atom is 0.165 e. The van der Waals surface area contributed by atoms with Gasteiger partial charge < -0.3 is 9.64 Å². The summed E-state index contributed by atoms with van der Waals surface area (Å²) in [5.74, 6) is 1.21. The lowest BCUT2D eigenvalue weighted by Gasteiger charge is -2.27. The first kappa shape index (κ1) is 20.9. The number of anilines is 1. The number of rotatable bonds is 6. The Kier molecular flexibility index (Phi) is 5.58. The average molecular weight is 407 g/mol. The molecule has 3 heterocycles. The van der Waals surface area contributed by atoms with Crippen LogP contribution in [0.1, 0.15) is 53.4 Å². The summed E-state index contributed by atoms with van der Waals surface area (Å²) in [5.41, 5.74) is 10.8. The van der Waals surface area contributed by atoms with E-state index >= 15 is 0 Å². The van der Waals surface area contributed by atoms with E-state index in [0.717, 1.165) is 30.0 Å². The van der Waals surface area contributed by atoms with Crippen LogP contribution in [0.15, 0.2) is 12.1 Å². The van der Waals surface area contributed by atoms with Crippen LogP contribution in [0.4, 0.5) is 5.82 Å². The fourth-order valence-electron chi connectivity index (χ4n) is 5.27. The molecular weight excluding hydrogens is 372 g/mol. The highest BCUT2D eigenvalue weighted by molar-refractivity contribution is 5.85. The largest absolute Gasteiger partial charge is 0.383 e. The van der Waals surface area contributed by atoms with E-state index in [1.807, 2.05) is 0 Å². The van der Waals surface area contributed by atoms with Crippen LogP contribution in [-0.2, 0) is 11.2 Å². The molecule has 5 heteroatoms. The summed E-state index contributed by atoms with van der Waals surface area (Å²) in [6, 6.07) is 5.00. The van der Waals surface area contributed by atoms with Crippen LogP contribution in [-0.4, -0.2) is 40.9 Å². The van der Waals surface area contributed by atoms with Gasteiger partial charge in [0, 0.05) is 31.0 Å². The number of methoxy groups -OCH3 is 1. The standard InChI is InChI=1S/C25H34N4O/c1-8-9-20-14-21-18(5)26-24-23(22-16(3)12-15(2)13-17(22)4)19(6)27-29(24)25(21)28(20)10-11-30-7/h12-13,20H,8-11,14H2,1-7H3. The lowest BCUT2D eigenvalue weighted by atomic mass is 9.94. The molecule has 1 aliphatic heterocycles. The Balaban J connectivity index is 1.97. The van der Waals surface area contributed by atoms with E-state index in [-0.39, 0.29) is 0 Å². The van der Waals surface area contributed by atoms with Gasteiger partial charge in [0.05, 0.1) is 17.9 Å². The number of nitrogens with zero attached hydrogens (tertiary/aromatic N) is 4. The average Bonchev–Trinajstić information content (AvgIpc) is 3.18. The number of fused-ring (bicyclic) bond motifs is 3. The minimum Gasteiger partial charge on any atom is -0.383 e. The number of benzene rings is 1. The molecule has 1 aromatic carbocycles. The van der Waals surface area contributed by atoms with Crippen molar-refractivity contribution in [3.05, 3.63) is 45.8 Å². The maximum absolute atomic E-state index is 5.44. The third kappa shape index (κ3) is 3.29. The van der Waals surface area contributed by atoms with Gasteiger partial charge in [-0.05, 0) is 64.2 Å². The van der Waals surface area contributed by atoms with Gasteiger partial charge >= 0.3 is 0 Å². The second-order valence-electron chi connectivity index (χ2n) is 8.80. The zero-order valence-electron chi connectivity index (χ0n) is 19.5. The lowest BCUT2D eigenvalue weighted by Crippen LogP contribution is -2.35. The molecule has 0 fully saturated rings. The van der Waals surface area contributed by atoms with Gasteiger partial charge in [-0.1, -0.05) is 31.0 Å². The van der Waals surface area contributed by atoms with E-state index in [4.69, 9.17) is 14.8 Å². The Morgan fingerprint density at radius 2 is 1.73 bits per heavy atom. The van der Waals surface area contributed by atoms with Crippen molar-refractivity contribution in [3.63, 3.8) is 0 Å². The van der Waals surface area contributed by atoms with E-state index in [9.17, 15) is 0 Å². The van der Waals surface area contributed by atoms with Crippen molar-refractivity contribution in [3.8, 4) is 11.1 Å². The van der Waals surface area contributed by atoms with Crippen LogP contribution in [0, 0.1) is 34.6 Å². The Hall–Kier alpha value is -2.40. The molecule has 0 saturated carbocycles. The third-order valence-electron chi connectivity index (χ3n) is 6.45. The molecule has 0 spiro atoms. The van der Waals surface area contributed by atoms with E-state index in [0.29, 0.717) is 12.6 Å². The first-order chi connectivity index (χ1) is 14.4. The molecule has 5 nitrogen and oxygen atoms in total. The Labute approximate surface area is 180 Å². The molecule has 30 heavy (non-hydrogen) atoms. The molecule has 0 amide bonds. The van der Waals surface area contributed by atoms with Gasteiger partial charge in [-0.2, -0.15) is 9.61 Å². The van der Waals surface area contributed by atoms with Gasteiger partial charge in [-0.3, -0.25) is 0 Å². The van der Waals surface area contributed by atoms with Crippen molar-refractivity contribution in [1.29, 1.82) is 0 Å². The highest BCUT2D eigenvalue weighted by atomic mass is 16.5. The maximum atomic E-state index is 5.44. The van der Waals surface area contributed by atoms with E-state index in [1.165, 1.54) is 52.0 Å². The van der Waals surface area contributed by atoms with Crippen molar-refractivity contribution in [2.45, 2.75) is 66.8 Å². The van der Waals surface area contributed by atoms with Gasteiger partial charge in [0.15, 0.2) is 5.65 Å². The van der Waals surface area contributed by atoms with Crippen LogP contribution in [0.5, 0.6) is 0 Å². The predicted molar refractivity (Wildman–Crippen MR) is 124 cm³/mol.